The molecule has 1 fully saturated rings. The summed E-state index contributed by atoms with van der Waals surface area (Å²) in [7, 11) is 0. The van der Waals surface area contributed by atoms with Gasteiger partial charge in [-0.2, -0.15) is 5.10 Å². The molecule has 0 atom stereocenters. The first-order valence-electron chi connectivity index (χ1n) is 9.79. The Hall–Kier alpha value is -3.48. The molecule has 0 N–H and O–H groups in total. The first-order valence-corrected chi connectivity index (χ1v) is 9.79. The smallest absolute Gasteiger partial charge is 0.266 e. The third-order valence-corrected chi connectivity index (χ3v) is 5.43. The molecule has 0 spiro atoms. The quantitative estimate of drug-likeness (QED) is 0.539. The number of nitrogens with zero attached hydrogens (tertiary/aromatic N) is 6. The number of aromatic nitrogens is 5. The predicted molar refractivity (Wildman–Crippen MR) is 113 cm³/mol. The van der Waals surface area contributed by atoms with Crippen LogP contribution >= 0.6 is 0 Å². The van der Waals surface area contributed by atoms with Gasteiger partial charge in [-0.15, -0.1) is 5.10 Å². The van der Waals surface area contributed by atoms with Gasteiger partial charge >= 0.3 is 0 Å². The number of para-hydroxylation sites is 1. The van der Waals surface area contributed by atoms with Crippen LogP contribution in [0, 0.1) is 19.8 Å². The minimum Gasteiger partial charge on any atom is -0.370 e. The average molecular weight is 386 g/mol. The van der Waals surface area contributed by atoms with Gasteiger partial charge in [0.25, 0.3) is 5.56 Å². The molecule has 29 heavy (non-hydrogen) atoms. The highest BCUT2D eigenvalue weighted by Gasteiger charge is 2.29. The van der Waals surface area contributed by atoms with E-state index in [2.05, 4.69) is 32.2 Å². The summed E-state index contributed by atoms with van der Waals surface area (Å²) in [6.07, 6.45) is 1.86. The van der Waals surface area contributed by atoms with Gasteiger partial charge in [0.1, 0.15) is 0 Å². The molecule has 7 heteroatoms. The Balaban J connectivity index is 1.34. The zero-order chi connectivity index (χ0) is 20.0. The van der Waals surface area contributed by atoms with E-state index in [0.717, 1.165) is 35.4 Å². The predicted octanol–water partition coefficient (Wildman–Crippen LogP) is 2.73. The summed E-state index contributed by atoms with van der Waals surface area (Å²) in [6.45, 7) is 6.33. The van der Waals surface area contributed by atoms with Crippen LogP contribution in [0.5, 0.6) is 0 Å². The number of fused-ring (bicyclic) bond motifs is 1. The van der Waals surface area contributed by atoms with Crippen LogP contribution in [0.25, 0.3) is 16.7 Å². The normalized spacial score (nSPS) is 14.3. The van der Waals surface area contributed by atoms with E-state index in [-0.39, 0.29) is 5.56 Å². The zero-order valence-corrected chi connectivity index (χ0v) is 16.5. The highest BCUT2D eigenvalue weighted by Crippen LogP contribution is 2.31. The Morgan fingerprint density at radius 2 is 1.86 bits per heavy atom. The van der Waals surface area contributed by atoms with Crippen molar-refractivity contribution in [2.75, 3.05) is 18.0 Å². The number of pyridine rings is 1. The van der Waals surface area contributed by atoms with Gasteiger partial charge in [-0.05, 0) is 38.1 Å². The molecule has 0 aliphatic carbocycles. The summed E-state index contributed by atoms with van der Waals surface area (Å²) in [6, 6.07) is 15.6. The molecule has 3 aromatic heterocycles. The van der Waals surface area contributed by atoms with Gasteiger partial charge in [0.05, 0.1) is 17.8 Å². The molecule has 1 aliphatic heterocycles. The van der Waals surface area contributed by atoms with Crippen LogP contribution in [0.2, 0.25) is 0 Å². The van der Waals surface area contributed by atoms with Crippen LogP contribution < -0.4 is 10.5 Å². The second-order valence-corrected chi connectivity index (χ2v) is 7.67. The molecule has 0 unspecified atom stereocenters. The summed E-state index contributed by atoms with van der Waals surface area (Å²) < 4.78 is 3.35. The van der Waals surface area contributed by atoms with Gasteiger partial charge in [-0.25, -0.2) is 9.36 Å². The van der Waals surface area contributed by atoms with Gasteiger partial charge in [0.2, 0.25) is 0 Å². The number of hydrogen-bond donors (Lipinski definition) is 0. The van der Waals surface area contributed by atoms with Gasteiger partial charge in [-0.3, -0.25) is 9.78 Å². The van der Waals surface area contributed by atoms with E-state index >= 15 is 0 Å². The summed E-state index contributed by atoms with van der Waals surface area (Å²) in [5, 5.41) is 10.2. The maximum absolute atomic E-state index is 12.3. The fourth-order valence-corrected chi connectivity index (χ4v) is 4.03. The molecule has 7 nitrogen and oxygen atoms in total. The summed E-state index contributed by atoms with van der Waals surface area (Å²) in [5.41, 5.74) is 4.05. The van der Waals surface area contributed by atoms with Gasteiger partial charge in [-0.1, -0.05) is 18.2 Å². The number of rotatable bonds is 4. The van der Waals surface area contributed by atoms with Gasteiger partial charge in [0.15, 0.2) is 5.82 Å². The highest BCUT2D eigenvalue weighted by atomic mass is 16.1. The standard InChI is InChI=1S/C22H22N6O/c1-15-11-16(2)28(24-15)21-7-8-22(29)27(25-21)14-17-12-26(13-17)20-9-10-23-19-6-4-3-5-18(19)20/h3-11,17H,12-14H2,1-2H3. The Bertz CT molecular complexity index is 1250. The van der Waals surface area contributed by atoms with Crippen molar-refractivity contribution in [3.8, 4) is 5.82 Å². The molecule has 0 amide bonds. The van der Waals surface area contributed by atoms with E-state index in [9.17, 15) is 4.79 Å². The monoisotopic (exact) mass is 386 g/mol. The van der Waals surface area contributed by atoms with Crippen LogP contribution in [0.1, 0.15) is 11.4 Å². The number of aryl methyl sites for hydroxylation is 2. The number of anilines is 1. The highest BCUT2D eigenvalue weighted by molar-refractivity contribution is 5.91. The Morgan fingerprint density at radius 1 is 1.03 bits per heavy atom. The van der Waals surface area contributed by atoms with E-state index in [4.69, 9.17) is 0 Å². The van der Waals surface area contributed by atoms with Crippen LogP contribution in [-0.2, 0) is 6.54 Å². The van der Waals surface area contributed by atoms with E-state index in [1.54, 1.807) is 21.5 Å². The first-order chi connectivity index (χ1) is 14.1. The second-order valence-electron chi connectivity index (χ2n) is 7.67. The largest absolute Gasteiger partial charge is 0.370 e. The van der Waals surface area contributed by atoms with Crippen molar-refractivity contribution < 1.29 is 0 Å². The van der Waals surface area contributed by atoms with Crippen molar-refractivity contribution in [3.63, 3.8) is 0 Å². The molecule has 146 valence electrons. The minimum atomic E-state index is -0.0805. The van der Waals surface area contributed by atoms with Crippen molar-refractivity contribution >= 4 is 16.6 Å². The van der Waals surface area contributed by atoms with Gasteiger partial charge in [0, 0.05) is 48.0 Å². The lowest BCUT2D eigenvalue weighted by Crippen LogP contribution is -2.49. The molecule has 5 rings (SSSR count). The van der Waals surface area contributed by atoms with Crippen molar-refractivity contribution in [2.24, 2.45) is 5.92 Å². The van der Waals surface area contributed by atoms with Crippen LogP contribution in [-0.4, -0.2) is 37.6 Å². The Morgan fingerprint density at radius 3 is 2.66 bits per heavy atom. The molecule has 0 saturated carbocycles. The lowest BCUT2D eigenvalue weighted by atomic mass is 9.98. The molecule has 4 aromatic rings. The summed E-state index contributed by atoms with van der Waals surface area (Å²) >= 11 is 0. The zero-order valence-electron chi connectivity index (χ0n) is 16.5. The first kappa shape index (κ1) is 17.6. The van der Waals surface area contributed by atoms with E-state index < -0.39 is 0 Å². The maximum atomic E-state index is 12.3. The van der Waals surface area contributed by atoms with Crippen LogP contribution in [0.3, 0.4) is 0 Å². The molecule has 0 bridgehead atoms. The van der Waals surface area contributed by atoms with Crippen molar-refractivity contribution in [3.05, 3.63) is 76.5 Å². The lowest BCUT2D eigenvalue weighted by molar-refractivity contribution is 0.334. The SMILES string of the molecule is Cc1cc(C)n(-c2ccc(=O)n(CC3CN(c4ccnc5ccccc45)C3)n2)n1. The fourth-order valence-electron chi connectivity index (χ4n) is 4.03. The molecule has 1 aliphatic rings. The molecule has 4 heterocycles. The Kier molecular flexibility index (Phi) is 4.16. The Labute approximate surface area is 168 Å². The summed E-state index contributed by atoms with van der Waals surface area (Å²) in [4.78, 5) is 19.1. The third-order valence-electron chi connectivity index (χ3n) is 5.43. The maximum Gasteiger partial charge on any atom is 0.266 e. The third kappa shape index (κ3) is 3.18. The molecule has 1 aromatic carbocycles. The molecule has 1 saturated heterocycles. The van der Waals surface area contributed by atoms with Crippen molar-refractivity contribution in [2.45, 2.75) is 20.4 Å². The van der Waals surface area contributed by atoms with Crippen molar-refractivity contribution in [1.82, 2.24) is 24.5 Å². The fraction of sp³-hybridized carbons (Fsp3) is 0.273. The minimum absolute atomic E-state index is 0.0805. The van der Waals surface area contributed by atoms with Crippen molar-refractivity contribution in [1.29, 1.82) is 0 Å². The van der Waals surface area contributed by atoms with E-state index in [0.29, 0.717) is 18.3 Å². The lowest BCUT2D eigenvalue weighted by Gasteiger charge is -2.41. The summed E-state index contributed by atoms with van der Waals surface area (Å²) in [5.74, 6) is 1.05. The number of benzene rings is 1. The molecular weight excluding hydrogens is 364 g/mol. The average Bonchev–Trinajstić information content (AvgIpc) is 3.03. The van der Waals surface area contributed by atoms with E-state index in [1.807, 2.05) is 44.3 Å². The van der Waals surface area contributed by atoms with Crippen LogP contribution in [0.15, 0.2) is 59.5 Å². The molecule has 0 radical (unpaired) electrons. The van der Waals surface area contributed by atoms with Crippen LogP contribution in [0.4, 0.5) is 5.69 Å². The van der Waals surface area contributed by atoms with Gasteiger partial charge < -0.3 is 4.90 Å². The van der Waals surface area contributed by atoms with E-state index in [1.165, 1.54) is 5.69 Å². The topological polar surface area (TPSA) is 68.8 Å². The number of hydrogen-bond acceptors (Lipinski definition) is 5. The molecular formula is C22H22N6O. The second kappa shape index (κ2) is 6.84.